The standard InChI is InChI=1S/C17H18N2O2S.C2H6/c1-12(16-10-7-14(20-4)11-17(16)18-2)21-13-5-8-15(9-6-13)22-19-3;1-2/h5-11,19H,1-2H2,3-4H3;1-2H3. The van der Waals surface area contributed by atoms with Crippen molar-refractivity contribution in [2.45, 2.75) is 18.7 Å². The van der Waals surface area contributed by atoms with Gasteiger partial charge in [0.2, 0.25) is 0 Å². The molecule has 0 spiro atoms. The molecule has 0 fully saturated rings. The summed E-state index contributed by atoms with van der Waals surface area (Å²) in [4.78, 5) is 5.11. The van der Waals surface area contributed by atoms with Crippen LogP contribution < -0.4 is 14.2 Å². The zero-order valence-electron chi connectivity index (χ0n) is 14.6. The van der Waals surface area contributed by atoms with Gasteiger partial charge in [-0.15, -0.1) is 0 Å². The molecule has 0 unspecified atom stereocenters. The van der Waals surface area contributed by atoms with E-state index < -0.39 is 0 Å². The van der Waals surface area contributed by atoms with Gasteiger partial charge >= 0.3 is 0 Å². The smallest absolute Gasteiger partial charge is 0.129 e. The molecule has 2 aromatic carbocycles. The number of aliphatic imine (C=N–C) groups is 1. The fourth-order valence-electron chi connectivity index (χ4n) is 1.90. The van der Waals surface area contributed by atoms with Crippen LogP contribution in [0.4, 0.5) is 5.69 Å². The molecule has 0 saturated carbocycles. The van der Waals surface area contributed by atoms with E-state index in [2.05, 4.69) is 23.0 Å². The summed E-state index contributed by atoms with van der Waals surface area (Å²) < 4.78 is 14.0. The summed E-state index contributed by atoms with van der Waals surface area (Å²) >= 11 is 1.54. The molecule has 2 rings (SSSR count). The first-order valence-electron chi connectivity index (χ1n) is 7.63. The van der Waals surface area contributed by atoms with Gasteiger partial charge in [0, 0.05) is 16.5 Å². The number of methoxy groups -OCH3 is 1. The largest absolute Gasteiger partial charge is 0.497 e. The summed E-state index contributed by atoms with van der Waals surface area (Å²) in [6.07, 6.45) is 0. The third-order valence-corrected chi connectivity index (χ3v) is 3.67. The third-order valence-electron chi connectivity index (χ3n) is 2.96. The van der Waals surface area contributed by atoms with Gasteiger partial charge in [-0.1, -0.05) is 20.4 Å². The van der Waals surface area contributed by atoms with Crippen LogP contribution in [0.3, 0.4) is 0 Å². The lowest BCUT2D eigenvalue weighted by Crippen LogP contribution is -1.95. The van der Waals surface area contributed by atoms with E-state index in [9.17, 15) is 0 Å². The van der Waals surface area contributed by atoms with Gasteiger partial charge in [0.05, 0.1) is 12.8 Å². The van der Waals surface area contributed by atoms with Crippen molar-refractivity contribution in [3.63, 3.8) is 0 Å². The minimum absolute atomic E-state index is 0.513. The number of hydrogen-bond acceptors (Lipinski definition) is 5. The lowest BCUT2D eigenvalue weighted by atomic mass is 10.1. The number of hydrogen-bond donors (Lipinski definition) is 1. The molecular formula is C19H24N2O2S. The van der Waals surface area contributed by atoms with Crippen LogP contribution in [-0.2, 0) is 0 Å². The Labute approximate surface area is 148 Å². The summed E-state index contributed by atoms with van der Waals surface area (Å²) in [6.45, 7) is 11.6. The van der Waals surface area contributed by atoms with Crippen LogP contribution in [0.5, 0.6) is 11.5 Å². The molecule has 1 N–H and O–H groups in total. The highest BCUT2D eigenvalue weighted by molar-refractivity contribution is 7.97. The first kappa shape index (κ1) is 19.8. The molecule has 0 aliphatic carbocycles. The molecule has 128 valence electrons. The fourth-order valence-corrected chi connectivity index (χ4v) is 2.40. The normalized spacial score (nSPS) is 9.50. The minimum Gasteiger partial charge on any atom is -0.497 e. The number of benzene rings is 2. The molecule has 0 aromatic heterocycles. The lowest BCUT2D eigenvalue weighted by Gasteiger charge is -2.12. The average molecular weight is 344 g/mol. The Morgan fingerprint density at radius 3 is 2.25 bits per heavy atom. The Bertz CT molecular complexity index is 670. The predicted octanol–water partition coefficient (Wildman–Crippen LogP) is 5.33. The number of rotatable bonds is 7. The maximum Gasteiger partial charge on any atom is 0.129 e. The minimum atomic E-state index is 0.513. The fraction of sp³-hybridized carbons (Fsp3) is 0.211. The Hall–Kier alpha value is -2.24. The van der Waals surface area contributed by atoms with E-state index in [-0.39, 0.29) is 0 Å². The number of ether oxygens (including phenoxy) is 2. The van der Waals surface area contributed by atoms with Crippen LogP contribution in [0.2, 0.25) is 0 Å². The van der Waals surface area contributed by atoms with Crippen molar-refractivity contribution in [2.75, 3.05) is 14.2 Å². The summed E-state index contributed by atoms with van der Waals surface area (Å²) in [6, 6.07) is 13.2. The van der Waals surface area contributed by atoms with Crippen molar-refractivity contribution >= 4 is 30.1 Å². The predicted molar refractivity (Wildman–Crippen MR) is 105 cm³/mol. The first-order valence-corrected chi connectivity index (χ1v) is 8.45. The molecule has 0 heterocycles. The van der Waals surface area contributed by atoms with Gasteiger partial charge in [-0.3, -0.25) is 9.71 Å². The molecule has 0 bridgehead atoms. The summed E-state index contributed by atoms with van der Waals surface area (Å²) in [5, 5.41) is 0. The highest BCUT2D eigenvalue weighted by atomic mass is 32.2. The van der Waals surface area contributed by atoms with Gasteiger partial charge in [-0.2, -0.15) is 0 Å². The second-order valence-corrected chi connectivity index (χ2v) is 5.43. The van der Waals surface area contributed by atoms with E-state index >= 15 is 0 Å². The first-order chi connectivity index (χ1) is 11.7. The molecule has 4 nitrogen and oxygen atoms in total. The molecule has 0 atom stereocenters. The van der Waals surface area contributed by atoms with Crippen LogP contribution >= 0.6 is 11.9 Å². The molecule has 2 aromatic rings. The topological polar surface area (TPSA) is 42.9 Å². The Balaban J connectivity index is 0.00000139. The maximum absolute atomic E-state index is 5.80. The van der Waals surface area contributed by atoms with Crippen LogP contribution in [-0.4, -0.2) is 20.9 Å². The highest BCUT2D eigenvalue weighted by Gasteiger charge is 2.09. The van der Waals surface area contributed by atoms with E-state index in [4.69, 9.17) is 9.47 Å². The SMILES string of the molecule is C=Nc1cc(OC)ccc1C(=C)Oc1ccc(SNC)cc1.CC. The van der Waals surface area contributed by atoms with E-state index in [0.717, 1.165) is 16.2 Å². The number of nitrogens with one attached hydrogen (secondary N) is 1. The van der Waals surface area contributed by atoms with E-state index in [1.54, 1.807) is 25.1 Å². The molecular weight excluding hydrogens is 320 g/mol. The summed E-state index contributed by atoms with van der Waals surface area (Å²) in [5.74, 6) is 1.95. The summed E-state index contributed by atoms with van der Waals surface area (Å²) in [5.41, 5.74) is 1.45. The van der Waals surface area contributed by atoms with Gasteiger partial charge < -0.3 is 9.47 Å². The zero-order chi connectivity index (χ0) is 17.9. The quantitative estimate of drug-likeness (QED) is 0.419. The van der Waals surface area contributed by atoms with Crippen molar-refractivity contribution in [3.05, 3.63) is 54.6 Å². The van der Waals surface area contributed by atoms with Gasteiger partial charge in [-0.25, -0.2) is 0 Å². The molecule has 0 amide bonds. The molecule has 0 aliphatic heterocycles. The Morgan fingerprint density at radius 1 is 1.08 bits per heavy atom. The molecule has 0 aliphatic rings. The van der Waals surface area contributed by atoms with Crippen molar-refractivity contribution in [2.24, 2.45) is 4.99 Å². The monoisotopic (exact) mass is 344 g/mol. The van der Waals surface area contributed by atoms with Gasteiger partial charge in [-0.05, 0) is 62.1 Å². The molecule has 0 saturated heterocycles. The summed E-state index contributed by atoms with van der Waals surface area (Å²) in [7, 11) is 3.49. The van der Waals surface area contributed by atoms with Crippen molar-refractivity contribution in [1.29, 1.82) is 0 Å². The van der Waals surface area contributed by atoms with Crippen LogP contribution in [0.1, 0.15) is 19.4 Å². The molecule has 24 heavy (non-hydrogen) atoms. The van der Waals surface area contributed by atoms with Crippen molar-refractivity contribution in [1.82, 2.24) is 4.72 Å². The second-order valence-electron chi connectivity index (χ2n) is 4.34. The zero-order valence-corrected chi connectivity index (χ0v) is 15.4. The third kappa shape index (κ3) is 5.44. The maximum atomic E-state index is 5.80. The van der Waals surface area contributed by atoms with Crippen molar-refractivity contribution in [3.8, 4) is 11.5 Å². The van der Waals surface area contributed by atoms with Gasteiger partial charge in [0.25, 0.3) is 0 Å². The Kier molecular flexibility index (Phi) is 8.68. The van der Waals surface area contributed by atoms with Crippen LogP contribution in [0.15, 0.2) is 58.9 Å². The van der Waals surface area contributed by atoms with E-state index in [1.807, 2.05) is 57.3 Å². The molecule has 5 heteroatoms. The van der Waals surface area contributed by atoms with Crippen LogP contribution in [0.25, 0.3) is 5.76 Å². The number of nitrogens with zero attached hydrogens (tertiary/aromatic N) is 1. The van der Waals surface area contributed by atoms with E-state index in [0.29, 0.717) is 17.2 Å². The Morgan fingerprint density at radius 2 is 1.71 bits per heavy atom. The van der Waals surface area contributed by atoms with Crippen LogP contribution in [0, 0.1) is 0 Å². The van der Waals surface area contributed by atoms with Gasteiger partial charge in [0.15, 0.2) is 0 Å². The highest BCUT2D eigenvalue weighted by Crippen LogP contribution is 2.31. The van der Waals surface area contributed by atoms with Crippen molar-refractivity contribution < 1.29 is 9.47 Å². The lowest BCUT2D eigenvalue weighted by molar-refractivity contribution is 0.415. The second kappa shape index (κ2) is 10.5. The molecule has 0 radical (unpaired) electrons. The van der Waals surface area contributed by atoms with Gasteiger partial charge in [0.1, 0.15) is 17.3 Å². The van der Waals surface area contributed by atoms with E-state index in [1.165, 1.54) is 0 Å². The average Bonchev–Trinajstić information content (AvgIpc) is 2.64.